The summed E-state index contributed by atoms with van der Waals surface area (Å²) in [5, 5.41) is 3.15. The lowest BCUT2D eigenvalue weighted by molar-refractivity contribution is -0.125. The van der Waals surface area contributed by atoms with Gasteiger partial charge in [-0.2, -0.15) is 0 Å². The number of halogens is 1. The summed E-state index contributed by atoms with van der Waals surface area (Å²) in [5.74, 6) is 0.454. The van der Waals surface area contributed by atoms with Gasteiger partial charge in [0.05, 0.1) is 0 Å². The largest absolute Gasteiger partial charge is 0.353 e. The number of nitrogens with one attached hydrogen (secondary N) is 1. The van der Waals surface area contributed by atoms with Crippen molar-refractivity contribution in [2.24, 2.45) is 11.7 Å². The molecule has 88 valence electrons. The van der Waals surface area contributed by atoms with Crippen molar-refractivity contribution in [3.05, 3.63) is 0 Å². The van der Waals surface area contributed by atoms with E-state index < -0.39 is 0 Å². The summed E-state index contributed by atoms with van der Waals surface area (Å²) in [6.45, 7) is 0. The van der Waals surface area contributed by atoms with Crippen LogP contribution in [0.1, 0.15) is 44.9 Å². The maximum absolute atomic E-state index is 11.8. The standard InChI is InChI=1S/C11H20N2O.ClH/c12-9-6-5-8(7-9)11(14)13-10-3-1-2-4-10;/h8-10H,1-7,12H2,(H,13,14);1H. The van der Waals surface area contributed by atoms with Crippen LogP contribution in [0.25, 0.3) is 0 Å². The van der Waals surface area contributed by atoms with Crippen molar-refractivity contribution < 1.29 is 4.79 Å². The molecule has 2 aliphatic carbocycles. The minimum atomic E-state index is 0. The van der Waals surface area contributed by atoms with E-state index >= 15 is 0 Å². The monoisotopic (exact) mass is 232 g/mol. The Hall–Kier alpha value is -0.280. The zero-order valence-corrected chi connectivity index (χ0v) is 9.89. The lowest BCUT2D eigenvalue weighted by Gasteiger charge is -2.15. The molecular weight excluding hydrogens is 212 g/mol. The number of hydrogen-bond donors (Lipinski definition) is 2. The van der Waals surface area contributed by atoms with Gasteiger partial charge in [0.1, 0.15) is 0 Å². The summed E-state index contributed by atoms with van der Waals surface area (Å²) in [4.78, 5) is 11.8. The molecule has 2 fully saturated rings. The van der Waals surface area contributed by atoms with Crippen LogP contribution in [-0.2, 0) is 4.79 Å². The van der Waals surface area contributed by atoms with Crippen molar-refractivity contribution in [2.45, 2.75) is 57.0 Å². The third-order valence-electron chi connectivity index (χ3n) is 3.55. The van der Waals surface area contributed by atoms with Gasteiger partial charge in [0.25, 0.3) is 0 Å². The molecule has 4 heteroatoms. The molecule has 0 saturated heterocycles. The van der Waals surface area contributed by atoms with E-state index in [9.17, 15) is 4.79 Å². The fourth-order valence-electron chi connectivity index (χ4n) is 2.64. The van der Waals surface area contributed by atoms with E-state index in [-0.39, 0.29) is 30.3 Å². The van der Waals surface area contributed by atoms with Crippen LogP contribution in [-0.4, -0.2) is 18.0 Å². The second kappa shape index (κ2) is 5.71. The summed E-state index contributed by atoms with van der Waals surface area (Å²) in [5.41, 5.74) is 5.79. The molecule has 3 nitrogen and oxygen atoms in total. The molecule has 0 aromatic heterocycles. The first-order valence-electron chi connectivity index (χ1n) is 5.81. The summed E-state index contributed by atoms with van der Waals surface area (Å²) in [6, 6.07) is 0.716. The van der Waals surface area contributed by atoms with Crippen LogP contribution in [0.15, 0.2) is 0 Å². The van der Waals surface area contributed by atoms with Crippen LogP contribution < -0.4 is 11.1 Å². The number of amides is 1. The first-order chi connectivity index (χ1) is 6.75. The van der Waals surface area contributed by atoms with Crippen LogP contribution in [0.3, 0.4) is 0 Å². The van der Waals surface area contributed by atoms with Gasteiger partial charge in [0.2, 0.25) is 5.91 Å². The molecule has 0 aliphatic heterocycles. The van der Waals surface area contributed by atoms with Crippen LogP contribution >= 0.6 is 12.4 Å². The minimum absolute atomic E-state index is 0. The number of nitrogens with two attached hydrogens (primary N) is 1. The van der Waals surface area contributed by atoms with E-state index in [1.165, 1.54) is 25.7 Å². The molecule has 0 spiro atoms. The summed E-state index contributed by atoms with van der Waals surface area (Å²) >= 11 is 0. The average molecular weight is 233 g/mol. The molecule has 0 aromatic carbocycles. The Morgan fingerprint density at radius 2 is 1.80 bits per heavy atom. The summed E-state index contributed by atoms with van der Waals surface area (Å²) in [7, 11) is 0. The van der Waals surface area contributed by atoms with Crippen LogP contribution in [0.2, 0.25) is 0 Å². The fourth-order valence-corrected chi connectivity index (χ4v) is 2.64. The lowest BCUT2D eigenvalue weighted by atomic mass is 10.1. The van der Waals surface area contributed by atoms with Gasteiger partial charge in [0.15, 0.2) is 0 Å². The Labute approximate surface area is 97.6 Å². The Bertz CT molecular complexity index is 217. The van der Waals surface area contributed by atoms with Crippen LogP contribution in [0.4, 0.5) is 0 Å². The third kappa shape index (κ3) is 3.35. The molecule has 2 saturated carbocycles. The molecule has 2 unspecified atom stereocenters. The lowest BCUT2D eigenvalue weighted by Crippen LogP contribution is -2.37. The van der Waals surface area contributed by atoms with Crippen LogP contribution in [0, 0.1) is 5.92 Å². The average Bonchev–Trinajstić information content (AvgIpc) is 2.75. The van der Waals surface area contributed by atoms with Gasteiger partial charge in [0, 0.05) is 18.0 Å². The maximum Gasteiger partial charge on any atom is 0.223 e. The van der Waals surface area contributed by atoms with Gasteiger partial charge in [-0.15, -0.1) is 12.4 Å². The van der Waals surface area contributed by atoms with Crippen molar-refractivity contribution >= 4 is 18.3 Å². The molecule has 0 bridgehead atoms. The van der Waals surface area contributed by atoms with E-state index in [1.54, 1.807) is 0 Å². The predicted octanol–water partition coefficient (Wildman–Crippen LogP) is 1.59. The number of hydrogen-bond acceptors (Lipinski definition) is 2. The van der Waals surface area contributed by atoms with Gasteiger partial charge in [-0.25, -0.2) is 0 Å². The Kier molecular flexibility index (Phi) is 4.87. The number of carbonyl (C=O) groups excluding carboxylic acids is 1. The number of carbonyl (C=O) groups is 1. The van der Waals surface area contributed by atoms with Gasteiger partial charge in [-0.1, -0.05) is 12.8 Å². The van der Waals surface area contributed by atoms with Gasteiger partial charge in [-0.3, -0.25) is 4.79 Å². The Balaban J connectivity index is 0.00000112. The fraction of sp³-hybridized carbons (Fsp3) is 0.909. The van der Waals surface area contributed by atoms with E-state index in [0.29, 0.717) is 6.04 Å². The summed E-state index contributed by atoms with van der Waals surface area (Å²) in [6.07, 6.45) is 7.78. The zero-order valence-electron chi connectivity index (χ0n) is 9.08. The highest BCUT2D eigenvalue weighted by atomic mass is 35.5. The first-order valence-corrected chi connectivity index (χ1v) is 5.81. The first kappa shape index (κ1) is 12.8. The van der Waals surface area contributed by atoms with Gasteiger partial charge >= 0.3 is 0 Å². The smallest absolute Gasteiger partial charge is 0.223 e. The zero-order chi connectivity index (χ0) is 9.97. The maximum atomic E-state index is 11.8. The molecule has 0 radical (unpaired) electrons. The van der Waals surface area contributed by atoms with E-state index in [2.05, 4.69) is 5.32 Å². The SMILES string of the molecule is Cl.NC1CCC(C(=O)NC2CCCC2)C1. The molecule has 2 atom stereocenters. The Morgan fingerprint density at radius 1 is 1.13 bits per heavy atom. The second-order valence-corrected chi connectivity index (χ2v) is 4.76. The van der Waals surface area contributed by atoms with Crippen LogP contribution in [0.5, 0.6) is 0 Å². The summed E-state index contributed by atoms with van der Waals surface area (Å²) < 4.78 is 0. The normalized spacial score (nSPS) is 31.3. The van der Waals surface area contributed by atoms with Gasteiger partial charge < -0.3 is 11.1 Å². The minimum Gasteiger partial charge on any atom is -0.353 e. The highest BCUT2D eigenvalue weighted by Crippen LogP contribution is 2.25. The Morgan fingerprint density at radius 3 is 2.33 bits per heavy atom. The topological polar surface area (TPSA) is 55.1 Å². The molecule has 15 heavy (non-hydrogen) atoms. The molecule has 3 N–H and O–H groups in total. The highest BCUT2D eigenvalue weighted by Gasteiger charge is 2.29. The van der Waals surface area contributed by atoms with Crippen molar-refractivity contribution in [3.63, 3.8) is 0 Å². The van der Waals surface area contributed by atoms with Crippen molar-refractivity contribution in [3.8, 4) is 0 Å². The van der Waals surface area contributed by atoms with Crippen molar-refractivity contribution in [1.29, 1.82) is 0 Å². The highest BCUT2D eigenvalue weighted by molar-refractivity contribution is 5.85. The molecule has 2 aliphatic rings. The second-order valence-electron chi connectivity index (χ2n) is 4.76. The predicted molar refractivity (Wildman–Crippen MR) is 63.0 cm³/mol. The third-order valence-corrected chi connectivity index (χ3v) is 3.55. The van der Waals surface area contributed by atoms with E-state index in [1.807, 2.05) is 0 Å². The molecule has 0 heterocycles. The van der Waals surface area contributed by atoms with E-state index in [4.69, 9.17) is 5.73 Å². The van der Waals surface area contributed by atoms with Gasteiger partial charge in [-0.05, 0) is 32.1 Å². The molecule has 0 aromatic rings. The molecular formula is C11H21ClN2O. The molecule has 1 amide bonds. The quantitative estimate of drug-likeness (QED) is 0.760. The van der Waals surface area contributed by atoms with Crippen molar-refractivity contribution in [2.75, 3.05) is 0 Å². The van der Waals surface area contributed by atoms with Crippen molar-refractivity contribution in [1.82, 2.24) is 5.32 Å². The molecule has 2 rings (SSSR count). The van der Waals surface area contributed by atoms with E-state index in [0.717, 1.165) is 19.3 Å². The number of rotatable bonds is 2.